The van der Waals surface area contributed by atoms with Gasteiger partial charge in [0.2, 0.25) is 0 Å². The van der Waals surface area contributed by atoms with Crippen LogP contribution < -0.4 is 5.32 Å². The molecule has 0 saturated heterocycles. The number of hydrogen-bond acceptors (Lipinski definition) is 4. The Kier molecular flexibility index (Phi) is 2.88. The van der Waals surface area contributed by atoms with Crippen molar-refractivity contribution < 1.29 is 9.21 Å². The summed E-state index contributed by atoms with van der Waals surface area (Å²) in [6.07, 6.45) is 1.46. The Morgan fingerprint density at radius 3 is 2.88 bits per heavy atom. The van der Waals surface area contributed by atoms with Gasteiger partial charge in [-0.05, 0) is 19.1 Å². The van der Waals surface area contributed by atoms with Crippen molar-refractivity contribution in [2.45, 2.75) is 6.92 Å². The fourth-order valence-electron chi connectivity index (χ4n) is 1.33. The molecule has 0 unspecified atom stereocenters. The molecule has 1 N–H and O–H groups in total. The molecule has 5 heteroatoms. The fraction of sp³-hybridized carbons (Fsp3) is 0.0833. The smallest absolute Gasteiger partial charge is 0.311 e. The van der Waals surface area contributed by atoms with Crippen LogP contribution in [0.2, 0.25) is 0 Å². The lowest BCUT2D eigenvalue weighted by Gasteiger charge is -2.03. The van der Waals surface area contributed by atoms with E-state index in [0.29, 0.717) is 17.0 Å². The minimum Gasteiger partial charge on any atom is -0.438 e. The summed E-state index contributed by atoms with van der Waals surface area (Å²) in [5.74, 6) is 0.0692. The predicted molar refractivity (Wildman–Crippen MR) is 60.4 cm³/mol. The second-order valence-corrected chi connectivity index (χ2v) is 3.39. The molecule has 0 fully saturated rings. The minimum absolute atomic E-state index is 0.0183. The zero-order valence-corrected chi connectivity index (χ0v) is 9.10. The number of benzene rings is 1. The number of nitriles is 1. The lowest BCUT2D eigenvalue weighted by Crippen LogP contribution is -2.13. The van der Waals surface area contributed by atoms with Crippen molar-refractivity contribution in [3.8, 4) is 6.07 Å². The van der Waals surface area contributed by atoms with Gasteiger partial charge in [-0.1, -0.05) is 12.1 Å². The van der Waals surface area contributed by atoms with Gasteiger partial charge in [0.15, 0.2) is 0 Å². The zero-order chi connectivity index (χ0) is 12.3. The maximum absolute atomic E-state index is 11.7. The van der Waals surface area contributed by atoms with Gasteiger partial charge in [0.05, 0.1) is 17.4 Å². The Hall–Kier alpha value is -2.61. The zero-order valence-electron chi connectivity index (χ0n) is 9.10. The van der Waals surface area contributed by atoms with Gasteiger partial charge >= 0.3 is 5.91 Å². The van der Waals surface area contributed by atoms with Crippen molar-refractivity contribution in [3.05, 3.63) is 47.7 Å². The third kappa shape index (κ3) is 2.32. The van der Waals surface area contributed by atoms with E-state index in [2.05, 4.69) is 10.3 Å². The van der Waals surface area contributed by atoms with E-state index >= 15 is 0 Å². The lowest BCUT2D eigenvalue weighted by atomic mass is 10.2. The molecule has 0 aliphatic rings. The van der Waals surface area contributed by atoms with E-state index in [-0.39, 0.29) is 5.89 Å². The molecule has 1 heterocycles. The Morgan fingerprint density at radius 1 is 1.47 bits per heavy atom. The first kappa shape index (κ1) is 10.9. The number of oxazole rings is 1. The number of hydrogen-bond donors (Lipinski definition) is 1. The van der Waals surface area contributed by atoms with E-state index in [1.54, 1.807) is 31.2 Å². The van der Waals surface area contributed by atoms with Crippen LogP contribution in [0.3, 0.4) is 0 Å². The van der Waals surface area contributed by atoms with Crippen molar-refractivity contribution >= 4 is 11.6 Å². The SMILES string of the molecule is Cc1cnc(C(=O)Nc2ccccc2C#N)o1. The number of carbonyl (C=O) groups excluding carboxylic acids is 1. The van der Waals surface area contributed by atoms with Crippen molar-refractivity contribution in [1.82, 2.24) is 4.98 Å². The molecular weight excluding hydrogens is 218 g/mol. The van der Waals surface area contributed by atoms with E-state index in [0.717, 1.165) is 0 Å². The van der Waals surface area contributed by atoms with Crippen LogP contribution in [0.5, 0.6) is 0 Å². The van der Waals surface area contributed by atoms with Crippen LogP contribution in [0.25, 0.3) is 0 Å². The van der Waals surface area contributed by atoms with Crippen LogP contribution in [-0.2, 0) is 0 Å². The number of anilines is 1. The molecule has 0 saturated carbocycles. The molecule has 0 aliphatic heterocycles. The molecule has 0 radical (unpaired) electrons. The first-order chi connectivity index (χ1) is 8.20. The minimum atomic E-state index is -0.471. The summed E-state index contributed by atoms with van der Waals surface area (Å²) < 4.78 is 5.08. The highest BCUT2D eigenvalue weighted by Gasteiger charge is 2.13. The number of nitrogens with zero attached hydrogens (tertiary/aromatic N) is 2. The number of carbonyl (C=O) groups is 1. The second-order valence-electron chi connectivity index (χ2n) is 3.39. The average Bonchev–Trinajstić information content (AvgIpc) is 2.77. The topological polar surface area (TPSA) is 78.9 Å². The number of nitrogens with one attached hydrogen (secondary N) is 1. The molecule has 0 atom stereocenters. The third-order valence-corrected chi connectivity index (χ3v) is 2.11. The number of aromatic nitrogens is 1. The molecule has 0 aliphatic carbocycles. The molecule has 5 nitrogen and oxygen atoms in total. The van der Waals surface area contributed by atoms with Gasteiger partial charge in [0, 0.05) is 0 Å². The summed E-state index contributed by atoms with van der Waals surface area (Å²) in [7, 11) is 0. The summed E-state index contributed by atoms with van der Waals surface area (Å²) in [6, 6.07) is 8.72. The van der Waals surface area contributed by atoms with Crippen LogP contribution in [0.15, 0.2) is 34.9 Å². The Labute approximate surface area is 97.7 Å². The van der Waals surface area contributed by atoms with Crippen molar-refractivity contribution in [1.29, 1.82) is 5.26 Å². The van der Waals surface area contributed by atoms with Crippen molar-refractivity contribution in [2.24, 2.45) is 0 Å². The number of aryl methyl sites for hydroxylation is 1. The molecule has 17 heavy (non-hydrogen) atoms. The van der Waals surface area contributed by atoms with E-state index in [1.807, 2.05) is 6.07 Å². The van der Waals surface area contributed by atoms with Gasteiger partial charge in [-0.3, -0.25) is 4.79 Å². The summed E-state index contributed by atoms with van der Waals surface area (Å²) >= 11 is 0. The van der Waals surface area contributed by atoms with Crippen molar-refractivity contribution in [2.75, 3.05) is 5.32 Å². The number of amides is 1. The predicted octanol–water partition coefficient (Wildman–Crippen LogP) is 2.11. The average molecular weight is 227 g/mol. The fourth-order valence-corrected chi connectivity index (χ4v) is 1.33. The summed E-state index contributed by atoms with van der Waals surface area (Å²) in [4.78, 5) is 15.5. The highest BCUT2D eigenvalue weighted by molar-refractivity contribution is 6.01. The first-order valence-corrected chi connectivity index (χ1v) is 4.93. The normalized spacial score (nSPS) is 9.65. The first-order valence-electron chi connectivity index (χ1n) is 4.93. The summed E-state index contributed by atoms with van der Waals surface area (Å²) in [5, 5.41) is 11.4. The Balaban J connectivity index is 2.22. The van der Waals surface area contributed by atoms with Crippen LogP contribution >= 0.6 is 0 Å². The van der Waals surface area contributed by atoms with E-state index in [4.69, 9.17) is 9.68 Å². The lowest BCUT2D eigenvalue weighted by molar-refractivity contribution is 0.0989. The van der Waals surface area contributed by atoms with Gasteiger partial charge in [-0.2, -0.15) is 5.26 Å². The third-order valence-electron chi connectivity index (χ3n) is 2.11. The summed E-state index contributed by atoms with van der Waals surface area (Å²) in [5.41, 5.74) is 0.833. The Bertz CT molecular complexity index is 596. The molecule has 1 aromatic heterocycles. The molecule has 2 aromatic rings. The van der Waals surface area contributed by atoms with Crippen LogP contribution in [0, 0.1) is 18.3 Å². The van der Waals surface area contributed by atoms with E-state index < -0.39 is 5.91 Å². The molecule has 0 bridgehead atoms. The van der Waals surface area contributed by atoms with Crippen LogP contribution in [0.4, 0.5) is 5.69 Å². The second kappa shape index (κ2) is 4.49. The highest BCUT2D eigenvalue weighted by atomic mass is 16.4. The largest absolute Gasteiger partial charge is 0.438 e. The van der Waals surface area contributed by atoms with E-state index in [1.165, 1.54) is 6.20 Å². The Morgan fingerprint density at radius 2 is 2.24 bits per heavy atom. The molecule has 1 amide bonds. The van der Waals surface area contributed by atoms with Gasteiger partial charge < -0.3 is 9.73 Å². The molecule has 84 valence electrons. The number of rotatable bonds is 2. The maximum Gasteiger partial charge on any atom is 0.311 e. The van der Waals surface area contributed by atoms with Gasteiger partial charge in [0.1, 0.15) is 11.8 Å². The van der Waals surface area contributed by atoms with Gasteiger partial charge in [-0.25, -0.2) is 4.98 Å². The van der Waals surface area contributed by atoms with Crippen LogP contribution in [-0.4, -0.2) is 10.9 Å². The standard InChI is InChI=1S/C12H9N3O2/c1-8-7-14-12(17-8)11(16)15-10-5-3-2-4-9(10)6-13/h2-5,7H,1H3,(H,15,16). The molecule has 0 spiro atoms. The van der Waals surface area contributed by atoms with E-state index in [9.17, 15) is 4.79 Å². The summed E-state index contributed by atoms with van der Waals surface area (Å²) in [6.45, 7) is 1.70. The van der Waals surface area contributed by atoms with Crippen molar-refractivity contribution in [3.63, 3.8) is 0 Å². The maximum atomic E-state index is 11.7. The van der Waals surface area contributed by atoms with Gasteiger partial charge in [0.25, 0.3) is 5.89 Å². The number of para-hydroxylation sites is 1. The monoisotopic (exact) mass is 227 g/mol. The molecular formula is C12H9N3O2. The van der Waals surface area contributed by atoms with Crippen LogP contribution in [0.1, 0.15) is 22.0 Å². The highest BCUT2D eigenvalue weighted by Crippen LogP contribution is 2.14. The van der Waals surface area contributed by atoms with Gasteiger partial charge in [-0.15, -0.1) is 0 Å². The molecule has 1 aromatic carbocycles. The quantitative estimate of drug-likeness (QED) is 0.852. The molecule has 2 rings (SSSR count).